The fourth-order valence-electron chi connectivity index (χ4n) is 4.34. The molecule has 2 atom stereocenters. The van der Waals surface area contributed by atoms with Gasteiger partial charge in [-0.2, -0.15) is 16.4 Å². The average Bonchev–Trinajstić information content (AvgIpc) is 3.55. The van der Waals surface area contributed by atoms with Crippen molar-refractivity contribution in [3.8, 4) is 16.9 Å². The zero-order valence-electron chi connectivity index (χ0n) is 20.6. The fraction of sp³-hybridized carbons (Fsp3) is 0.250. The van der Waals surface area contributed by atoms with Crippen molar-refractivity contribution in [2.75, 3.05) is 17.2 Å². The summed E-state index contributed by atoms with van der Waals surface area (Å²) in [6.07, 6.45) is 0.784. The molecule has 1 aliphatic heterocycles. The van der Waals surface area contributed by atoms with Crippen LogP contribution in [0.5, 0.6) is 0 Å². The van der Waals surface area contributed by atoms with Crippen LogP contribution in [0.2, 0.25) is 0 Å². The molecular weight excluding hydrogens is 507 g/mol. The second-order valence-electron chi connectivity index (χ2n) is 8.94. The average molecular weight is 535 g/mol. The number of nitrogens with zero attached hydrogens (tertiary/aromatic N) is 3. The first-order valence-corrected chi connectivity index (χ1v) is 14.1. The number of thiophene rings is 1. The Morgan fingerprint density at radius 2 is 1.92 bits per heavy atom. The Kier molecular flexibility index (Phi) is 7.43. The van der Waals surface area contributed by atoms with E-state index in [9.17, 15) is 14.0 Å². The van der Waals surface area contributed by atoms with Gasteiger partial charge in [-0.25, -0.2) is 9.07 Å². The van der Waals surface area contributed by atoms with Gasteiger partial charge in [-0.1, -0.05) is 37.3 Å². The summed E-state index contributed by atoms with van der Waals surface area (Å²) in [5.74, 6) is -0.0237. The van der Waals surface area contributed by atoms with E-state index in [0.717, 1.165) is 28.8 Å². The van der Waals surface area contributed by atoms with Gasteiger partial charge in [0.25, 0.3) is 0 Å². The van der Waals surface area contributed by atoms with E-state index in [1.807, 2.05) is 49.6 Å². The quantitative estimate of drug-likeness (QED) is 0.324. The van der Waals surface area contributed by atoms with Crippen molar-refractivity contribution >= 4 is 40.7 Å². The molecule has 1 N–H and O–H groups in total. The molecule has 2 aromatic heterocycles. The number of thioether (sulfide) groups is 1. The van der Waals surface area contributed by atoms with Gasteiger partial charge in [0.15, 0.2) is 0 Å². The maximum Gasteiger partial charge on any atom is 0.240 e. The summed E-state index contributed by atoms with van der Waals surface area (Å²) in [6.45, 7) is 3.80. The number of anilines is 1. The van der Waals surface area contributed by atoms with Crippen LogP contribution in [-0.2, 0) is 9.59 Å². The van der Waals surface area contributed by atoms with E-state index in [4.69, 9.17) is 5.10 Å². The Morgan fingerprint density at radius 1 is 1.16 bits per heavy atom. The van der Waals surface area contributed by atoms with Gasteiger partial charge < -0.3 is 5.32 Å². The van der Waals surface area contributed by atoms with Crippen molar-refractivity contribution in [2.24, 2.45) is 0 Å². The van der Waals surface area contributed by atoms with Gasteiger partial charge in [0.2, 0.25) is 11.8 Å². The molecule has 37 heavy (non-hydrogen) atoms. The number of nitrogens with one attached hydrogen (secondary N) is 1. The minimum atomic E-state index is -0.363. The highest BCUT2D eigenvalue weighted by Gasteiger charge is 2.37. The lowest BCUT2D eigenvalue weighted by Crippen LogP contribution is -2.44. The molecule has 6 nitrogen and oxygen atoms in total. The molecule has 4 aromatic rings. The predicted molar refractivity (Wildman–Crippen MR) is 148 cm³/mol. The Labute approximate surface area is 223 Å². The Hall–Kier alpha value is -3.43. The first-order chi connectivity index (χ1) is 18.0. The lowest BCUT2D eigenvalue weighted by Gasteiger charge is -2.24. The van der Waals surface area contributed by atoms with Gasteiger partial charge in [-0.3, -0.25) is 14.5 Å². The van der Waals surface area contributed by atoms with Crippen LogP contribution in [0.3, 0.4) is 0 Å². The van der Waals surface area contributed by atoms with E-state index in [-0.39, 0.29) is 41.2 Å². The maximum absolute atomic E-state index is 13.8. The summed E-state index contributed by atoms with van der Waals surface area (Å²) in [5, 5.41) is 11.9. The molecule has 2 amide bonds. The van der Waals surface area contributed by atoms with Crippen LogP contribution in [0, 0.1) is 5.82 Å². The minimum absolute atomic E-state index is 0.0103. The molecule has 9 heteroatoms. The summed E-state index contributed by atoms with van der Waals surface area (Å²) in [5.41, 5.74) is 4.17. The van der Waals surface area contributed by atoms with Gasteiger partial charge in [0.1, 0.15) is 18.2 Å². The third-order valence-corrected chi connectivity index (χ3v) is 8.33. The molecule has 0 spiro atoms. The molecule has 0 bridgehead atoms. The third kappa shape index (κ3) is 5.19. The Balaban J connectivity index is 1.75. The van der Waals surface area contributed by atoms with Gasteiger partial charge >= 0.3 is 0 Å². The number of halogens is 1. The van der Waals surface area contributed by atoms with Crippen molar-refractivity contribution < 1.29 is 14.0 Å². The molecule has 2 unspecified atom stereocenters. The summed E-state index contributed by atoms with van der Waals surface area (Å²) < 4.78 is 15.5. The number of hydrogen-bond acceptors (Lipinski definition) is 5. The monoisotopic (exact) mass is 534 g/mol. The van der Waals surface area contributed by atoms with Crippen LogP contribution in [0.1, 0.15) is 36.6 Å². The normalized spacial score (nSPS) is 16.2. The SMILES string of the molecule is CCC(C)NC(=O)CN1C(=O)CSC(c2ccsc2)c2c(-c3ccccc3)nn(-c3ccc(F)cc3)c21. The zero-order valence-corrected chi connectivity index (χ0v) is 22.2. The van der Waals surface area contributed by atoms with Crippen molar-refractivity contribution in [3.63, 3.8) is 0 Å². The number of carbonyl (C=O) groups excluding carboxylic acids is 2. The van der Waals surface area contributed by atoms with E-state index in [0.29, 0.717) is 11.5 Å². The molecule has 0 saturated carbocycles. The molecule has 0 radical (unpaired) electrons. The van der Waals surface area contributed by atoms with Gasteiger partial charge in [-0.15, -0.1) is 11.8 Å². The number of benzene rings is 2. The number of fused-ring (bicyclic) bond motifs is 1. The Morgan fingerprint density at radius 3 is 2.59 bits per heavy atom. The van der Waals surface area contributed by atoms with E-state index < -0.39 is 0 Å². The third-order valence-electron chi connectivity index (χ3n) is 6.37. The van der Waals surface area contributed by atoms with Crippen LogP contribution in [0.15, 0.2) is 71.4 Å². The van der Waals surface area contributed by atoms with Crippen LogP contribution in [0.4, 0.5) is 10.2 Å². The second-order valence-corrected chi connectivity index (χ2v) is 10.8. The highest BCUT2D eigenvalue weighted by atomic mass is 32.2. The molecule has 0 aliphatic carbocycles. The smallest absolute Gasteiger partial charge is 0.240 e. The molecule has 0 saturated heterocycles. The standard InChI is InChI=1S/C28H27FN4O2S2/c1-3-18(2)30-23(34)15-32-24(35)17-37-27(20-13-14-36-16-20)25-26(19-7-5-4-6-8-19)31-33(28(25)32)22-11-9-21(29)10-12-22/h4-14,16,18,27H,3,15,17H2,1-2H3,(H,30,34). The molecular formula is C28H27FN4O2S2. The van der Waals surface area contributed by atoms with Crippen LogP contribution in [0.25, 0.3) is 16.9 Å². The maximum atomic E-state index is 13.8. The van der Waals surface area contributed by atoms with Crippen molar-refractivity contribution in [2.45, 2.75) is 31.6 Å². The number of hydrogen-bond donors (Lipinski definition) is 1. The van der Waals surface area contributed by atoms with Crippen molar-refractivity contribution in [3.05, 3.63) is 88.4 Å². The summed E-state index contributed by atoms with van der Waals surface area (Å²) >= 11 is 3.13. The molecule has 3 heterocycles. The second kappa shape index (κ2) is 10.9. The number of aromatic nitrogens is 2. The van der Waals surface area contributed by atoms with Gasteiger partial charge in [-0.05, 0) is 60.0 Å². The summed E-state index contributed by atoms with van der Waals surface area (Å²) in [4.78, 5) is 28.2. The van der Waals surface area contributed by atoms with Crippen molar-refractivity contribution in [1.82, 2.24) is 15.1 Å². The number of amides is 2. The molecule has 5 rings (SSSR count). The van der Waals surface area contributed by atoms with E-state index in [1.165, 1.54) is 28.8 Å². The molecule has 1 aliphatic rings. The van der Waals surface area contributed by atoms with Crippen LogP contribution in [-0.4, -0.2) is 39.9 Å². The zero-order chi connectivity index (χ0) is 25.9. The minimum Gasteiger partial charge on any atom is -0.352 e. The Bertz CT molecular complexity index is 1390. The topological polar surface area (TPSA) is 67.2 Å². The first kappa shape index (κ1) is 25.2. The predicted octanol–water partition coefficient (Wildman–Crippen LogP) is 5.82. The number of rotatable bonds is 7. The van der Waals surface area contributed by atoms with Gasteiger partial charge in [0.05, 0.1) is 22.4 Å². The number of carbonyl (C=O) groups is 2. The molecule has 190 valence electrons. The van der Waals surface area contributed by atoms with Gasteiger partial charge in [0, 0.05) is 17.2 Å². The highest BCUT2D eigenvalue weighted by molar-refractivity contribution is 8.00. The summed E-state index contributed by atoms with van der Waals surface area (Å²) in [6, 6.07) is 17.9. The first-order valence-electron chi connectivity index (χ1n) is 12.1. The lowest BCUT2D eigenvalue weighted by molar-refractivity contribution is -0.123. The van der Waals surface area contributed by atoms with Crippen LogP contribution < -0.4 is 10.2 Å². The molecule has 0 fully saturated rings. The summed E-state index contributed by atoms with van der Waals surface area (Å²) in [7, 11) is 0. The van der Waals surface area contributed by atoms with E-state index in [1.54, 1.807) is 28.2 Å². The largest absolute Gasteiger partial charge is 0.352 e. The van der Waals surface area contributed by atoms with Crippen molar-refractivity contribution in [1.29, 1.82) is 0 Å². The lowest BCUT2D eigenvalue weighted by atomic mass is 10.0. The van der Waals surface area contributed by atoms with Crippen LogP contribution >= 0.6 is 23.1 Å². The highest BCUT2D eigenvalue weighted by Crippen LogP contribution is 2.48. The van der Waals surface area contributed by atoms with E-state index >= 15 is 0 Å². The molecule has 2 aromatic carbocycles. The fourth-order valence-corrected chi connectivity index (χ4v) is 6.30. The van der Waals surface area contributed by atoms with E-state index in [2.05, 4.69) is 16.8 Å².